The second-order valence-electron chi connectivity index (χ2n) is 1.36. The third-order valence-electron chi connectivity index (χ3n) is 0.632. The molecule has 0 aliphatic carbocycles. The van der Waals surface area contributed by atoms with Gasteiger partial charge < -0.3 is 15.2 Å². The topological polar surface area (TPSA) is 89.6 Å². The molecule has 0 aliphatic heterocycles. The van der Waals surface area contributed by atoms with E-state index in [0.717, 1.165) is 0 Å². The number of hydrogen-bond acceptors (Lipinski definition) is 3. The van der Waals surface area contributed by atoms with E-state index in [1.165, 1.54) is 6.92 Å². The Morgan fingerprint density at radius 3 is 2.44 bits per heavy atom. The van der Waals surface area contributed by atoms with Crippen LogP contribution in [0.3, 0.4) is 0 Å². The molecular formula is C3H8NO4P. The summed E-state index contributed by atoms with van der Waals surface area (Å²) in [5, 5.41) is 0. The molecular weight excluding hydrogens is 145 g/mol. The van der Waals surface area contributed by atoms with Crippen molar-refractivity contribution in [3.63, 3.8) is 0 Å². The zero-order chi connectivity index (χ0) is 7.49. The molecule has 0 aliphatic rings. The van der Waals surface area contributed by atoms with Crippen LogP contribution in [0.2, 0.25) is 0 Å². The molecule has 5 nitrogen and oxygen atoms in total. The lowest BCUT2D eigenvalue weighted by atomic mass is 11.0. The molecule has 0 aromatic rings. The predicted molar refractivity (Wildman–Crippen MR) is 31.0 cm³/mol. The molecule has 1 atom stereocenters. The van der Waals surface area contributed by atoms with Gasteiger partial charge in [0.15, 0.2) is 0 Å². The second-order valence-corrected chi connectivity index (χ2v) is 3.45. The molecule has 3 N–H and O–H groups in total. The van der Waals surface area contributed by atoms with Crippen LogP contribution in [0.5, 0.6) is 0 Å². The second kappa shape index (κ2) is 2.85. The minimum Gasteiger partial charge on any atom is -0.375 e. The summed E-state index contributed by atoms with van der Waals surface area (Å²) in [6, 6.07) is 0. The first kappa shape index (κ1) is 8.46. The third kappa shape index (κ3) is 4.00. The van der Waals surface area contributed by atoms with Gasteiger partial charge in [-0.15, -0.1) is 0 Å². The van der Waals surface area contributed by atoms with E-state index in [1.807, 2.05) is 0 Å². The van der Waals surface area contributed by atoms with Crippen molar-refractivity contribution in [1.82, 2.24) is 0 Å². The Kier molecular flexibility index (Phi) is 2.67. The summed E-state index contributed by atoms with van der Waals surface area (Å²) in [6.45, 7) is 1.42. The van der Waals surface area contributed by atoms with Gasteiger partial charge in [0.05, 0.1) is 6.16 Å². The summed E-state index contributed by atoms with van der Waals surface area (Å²) in [7, 11) is -3.70. The number of primary amides is 1. The number of carbonyl (C=O) groups is 1. The van der Waals surface area contributed by atoms with Crippen LogP contribution in [0.1, 0.15) is 6.92 Å². The van der Waals surface area contributed by atoms with Crippen molar-refractivity contribution in [3.05, 3.63) is 0 Å². The smallest absolute Gasteiger partial charge is 0.375 e. The van der Waals surface area contributed by atoms with E-state index in [9.17, 15) is 9.36 Å². The molecule has 0 aromatic heterocycles. The number of nitrogens with two attached hydrogens (primary N) is 1. The Bertz CT molecular complexity index is 156. The summed E-state index contributed by atoms with van der Waals surface area (Å²) < 4.78 is 14.3. The zero-order valence-corrected chi connectivity index (χ0v) is 5.80. The number of carbonyl (C=O) groups excluding carboxylic acids is 1. The molecule has 0 radical (unpaired) electrons. The average Bonchev–Trinajstić information content (AvgIpc) is 1.63. The van der Waals surface area contributed by atoms with Crippen LogP contribution in [0.25, 0.3) is 0 Å². The first-order valence-corrected chi connectivity index (χ1v) is 4.05. The Hall–Kier alpha value is -0.540. The fourth-order valence-electron chi connectivity index (χ4n) is 0.205. The van der Waals surface area contributed by atoms with Crippen molar-refractivity contribution >= 4 is 13.7 Å². The lowest BCUT2D eigenvalue weighted by molar-refractivity contribution is 0.203. The van der Waals surface area contributed by atoms with Crippen molar-refractivity contribution in [1.29, 1.82) is 0 Å². The maximum Gasteiger partial charge on any atom is 0.411 e. The van der Waals surface area contributed by atoms with Gasteiger partial charge in [-0.25, -0.2) is 9.36 Å². The van der Waals surface area contributed by atoms with Gasteiger partial charge in [-0.2, -0.15) is 0 Å². The molecule has 1 amide bonds. The summed E-state index contributed by atoms with van der Waals surface area (Å²) in [5.74, 6) is 0. The lowest BCUT2D eigenvalue weighted by Gasteiger charge is -2.05. The van der Waals surface area contributed by atoms with Crippen LogP contribution >= 0.6 is 7.60 Å². The SMILES string of the molecule is CCP(=O)(O)OC(N)=O. The third-order valence-corrected chi connectivity index (χ3v) is 1.90. The summed E-state index contributed by atoms with van der Waals surface area (Å²) in [6.07, 6.45) is -1.33. The monoisotopic (exact) mass is 153 g/mol. The molecule has 0 saturated heterocycles. The first-order chi connectivity index (χ1) is 3.98. The molecule has 0 rings (SSSR count). The molecule has 0 saturated carbocycles. The summed E-state index contributed by atoms with van der Waals surface area (Å²) >= 11 is 0. The molecule has 0 bridgehead atoms. The first-order valence-electron chi connectivity index (χ1n) is 2.29. The Labute approximate surface area is 52.3 Å². The molecule has 0 heterocycles. The highest BCUT2D eigenvalue weighted by Gasteiger charge is 2.18. The van der Waals surface area contributed by atoms with Crippen molar-refractivity contribution < 1.29 is 18.8 Å². The van der Waals surface area contributed by atoms with E-state index in [0.29, 0.717) is 0 Å². The average molecular weight is 153 g/mol. The van der Waals surface area contributed by atoms with Crippen LogP contribution in [-0.4, -0.2) is 17.1 Å². The Balaban J connectivity index is 3.88. The van der Waals surface area contributed by atoms with Gasteiger partial charge in [0.25, 0.3) is 0 Å². The molecule has 0 aromatic carbocycles. The normalized spacial score (nSPS) is 16.2. The highest BCUT2D eigenvalue weighted by Crippen LogP contribution is 2.40. The van der Waals surface area contributed by atoms with E-state index in [4.69, 9.17) is 4.89 Å². The van der Waals surface area contributed by atoms with Crippen LogP contribution in [-0.2, 0) is 9.09 Å². The predicted octanol–water partition coefficient (Wildman–Crippen LogP) is 0.287. The van der Waals surface area contributed by atoms with E-state index in [2.05, 4.69) is 10.3 Å². The Morgan fingerprint density at radius 1 is 1.89 bits per heavy atom. The summed E-state index contributed by atoms with van der Waals surface area (Å²) in [5.41, 5.74) is 4.46. The minimum atomic E-state index is -3.70. The highest BCUT2D eigenvalue weighted by atomic mass is 31.2. The molecule has 0 spiro atoms. The van der Waals surface area contributed by atoms with Gasteiger partial charge in [0.2, 0.25) is 0 Å². The van der Waals surface area contributed by atoms with Crippen LogP contribution < -0.4 is 5.73 Å². The maximum absolute atomic E-state index is 10.4. The van der Waals surface area contributed by atoms with Gasteiger partial charge >= 0.3 is 13.7 Å². The van der Waals surface area contributed by atoms with E-state index < -0.39 is 13.7 Å². The van der Waals surface area contributed by atoms with Crippen LogP contribution in [0.4, 0.5) is 4.79 Å². The van der Waals surface area contributed by atoms with Gasteiger partial charge in [-0.05, 0) is 0 Å². The largest absolute Gasteiger partial charge is 0.411 e. The van der Waals surface area contributed by atoms with Gasteiger partial charge in [0.1, 0.15) is 0 Å². The van der Waals surface area contributed by atoms with E-state index >= 15 is 0 Å². The fraction of sp³-hybridized carbons (Fsp3) is 0.667. The van der Waals surface area contributed by atoms with Gasteiger partial charge in [0, 0.05) is 0 Å². The number of amides is 1. The number of hydrogen-bond donors (Lipinski definition) is 2. The highest BCUT2D eigenvalue weighted by molar-refractivity contribution is 7.53. The van der Waals surface area contributed by atoms with Crippen LogP contribution in [0, 0.1) is 0 Å². The van der Waals surface area contributed by atoms with Crippen molar-refractivity contribution in [2.75, 3.05) is 6.16 Å². The van der Waals surface area contributed by atoms with Crippen molar-refractivity contribution in [2.24, 2.45) is 5.73 Å². The molecule has 9 heavy (non-hydrogen) atoms. The van der Waals surface area contributed by atoms with Crippen LogP contribution in [0.15, 0.2) is 0 Å². The number of rotatable bonds is 2. The fourth-order valence-corrected chi connectivity index (χ4v) is 0.615. The van der Waals surface area contributed by atoms with E-state index in [-0.39, 0.29) is 6.16 Å². The van der Waals surface area contributed by atoms with Crippen molar-refractivity contribution in [2.45, 2.75) is 6.92 Å². The van der Waals surface area contributed by atoms with Crippen molar-refractivity contribution in [3.8, 4) is 0 Å². The van der Waals surface area contributed by atoms with Gasteiger partial charge in [-0.3, -0.25) is 0 Å². The minimum absolute atomic E-state index is 0.115. The molecule has 54 valence electrons. The molecule has 6 heteroatoms. The molecule has 1 unspecified atom stereocenters. The standard InChI is InChI=1S/C3H8NO4P/c1-2-9(6,7)8-3(4)5/h2H2,1H3,(H2,4,5)(H,6,7). The Morgan fingerprint density at radius 2 is 2.33 bits per heavy atom. The quantitative estimate of drug-likeness (QED) is 0.557. The van der Waals surface area contributed by atoms with Gasteiger partial charge in [-0.1, -0.05) is 6.92 Å². The van der Waals surface area contributed by atoms with E-state index in [1.54, 1.807) is 0 Å². The maximum atomic E-state index is 10.4. The molecule has 0 fully saturated rings. The lowest BCUT2D eigenvalue weighted by Crippen LogP contribution is -2.11. The summed E-state index contributed by atoms with van der Waals surface area (Å²) in [4.78, 5) is 18.4. The zero-order valence-electron chi connectivity index (χ0n) is 4.90.